The van der Waals surface area contributed by atoms with Gasteiger partial charge in [0.1, 0.15) is 6.29 Å². The third-order valence-electron chi connectivity index (χ3n) is 4.50. The number of rotatable bonds is 4. The van der Waals surface area contributed by atoms with Crippen molar-refractivity contribution in [1.29, 1.82) is 0 Å². The number of hydrogen-bond acceptors (Lipinski definition) is 4. The van der Waals surface area contributed by atoms with Crippen LogP contribution in [0.1, 0.15) is 51.4 Å². The van der Waals surface area contributed by atoms with Crippen molar-refractivity contribution in [3.63, 3.8) is 0 Å². The van der Waals surface area contributed by atoms with Gasteiger partial charge >= 0.3 is 5.97 Å². The van der Waals surface area contributed by atoms with E-state index in [4.69, 9.17) is 9.47 Å². The molecule has 0 saturated heterocycles. The van der Waals surface area contributed by atoms with E-state index in [1.165, 1.54) is 7.11 Å². The second-order valence-electron chi connectivity index (χ2n) is 5.81. The Morgan fingerprint density at radius 2 is 1.47 bits per heavy atom. The highest BCUT2D eigenvalue weighted by Gasteiger charge is 2.30. The minimum Gasteiger partial charge on any atom is -0.469 e. The lowest BCUT2D eigenvalue weighted by Gasteiger charge is -2.33. The number of carbonyl (C=O) groups excluding carboxylic acids is 2. The van der Waals surface area contributed by atoms with Gasteiger partial charge < -0.3 is 14.3 Å². The summed E-state index contributed by atoms with van der Waals surface area (Å²) in [4.78, 5) is 22.1. The van der Waals surface area contributed by atoms with E-state index in [1.807, 2.05) is 0 Å². The molecule has 2 saturated carbocycles. The summed E-state index contributed by atoms with van der Waals surface area (Å²) in [6.07, 6.45) is 9.27. The molecule has 0 N–H and O–H groups in total. The Balaban J connectivity index is 1.68. The topological polar surface area (TPSA) is 52.6 Å². The number of hydrogen-bond donors (Lipinski definition) is 0. The van der Waals surface area contributed by atoms with Crippen LogP contribution >= 0.6 is 0 Å². The molecule has 0 radical (unpaired) electrons. The van der Waals surface area contributed by atoms with E-state index >= 15 is 0 Å². The molecule has 19 heavy (non-hydrogen) atoms. The molecule has 0 aromatic rings. The summed E-state index contributed by atoms with van der Waals surface area (Å²) < 4.78 is 10.9. The van der Waals surface area contributed by atoms with Gasteiger partial charge in [0.25, 0.3) is 0 Å². The van der Waals surface area contributed by atoms with E-state index in [1.54, 1.807) is 0 Å². The van der Waals surface area contributed by atoms with Crippen LogP contribution in [-0.2, 0) is 19.1 Å². The summed E-state index contributed by atoms with van der Waals surface area (Å²) in [5.74, 6) is 0.232. The standard InChI is InChI=1S/C15H24O4/c1-18-15(17)12-4-8-14(9-5-12)19-13-6-2-11(10-16)3-7-13/h10-14H,2-9H2,1H3. The smallest absolute Gasteiger partial charge is 0.308 e. The molecule has 4 heteroatoms. The molecule has 0 unspecified atom stereocenters. The molecule has 2 fully saturated rings. The summed E-state index contributed by atoms with van der Waals surface area (Å²) in [6.45, 7) is 0. The van der Waals surface area contributed by atoms with Crippen LogP contribution in [0.3, 0.4) is 0 Å². The molecule has 0 bridgehead atoms. The maximum atomic E-state index is 11.4. The van der Waals surface area contributed by atoms with Gasteiger partial charge in [0.2, 0.25) is 0 Å². The van der Waals surface area contributed by atoms with Crippen molar-refractivity contribution in [3.8, 4) is 0 Å². The van der Waals surface area contributed by atoms with E-state index < -0.39 is 0 Å². The van der Waals surface area contributed by atoms with E-state index in [9.17, 15) is 9.59 Å². The van der Waals surface area contributed by atoms with Crippen LogP contribution in [-0.4, -0.2) is 31.6 Å². The molecule has 2 aliphatic rings. The minimum atomic E-state index is -0.0788. The average molecular weight is 268 g/mol. The van der Waals surface area contributed by atoms with Crippen molar-refractivity contribution in [2.45, 2.75) is 63.6 Å². The minimum absolute atomic E-state index is 0.0654. The molecule has 0 aromatic carbocycles. The quantitative estimate of drug-likeness (QED) is 0.580. The summed E-state index contributed by atoms with van der Waals surface area (Å²) in [7, 11) is 1.45. The number of esters is 1. The molecule has 0 atom stereocenters. The number of aldehydes is 1. The Kier molecular flexibility index (Phi) is 5.37. The first kappa shape index (κ1) is 14.5. The van der Waals surface area contributed by atoms with Gasteiger partial charge in [-0.3, -0.25) is 4.79 Å². The monoisotopic (exact) mass is 268 g/mol. The van der Waals surface area contributed by atoms with Crippen LogP contribution < -0.4 is 0 Å². The van der Waals surface area contributed by atoms with Crippen LogP contribution in [0.5, 0.6) is 0 Å². The zero-order valence-corrected chi connectivity index (χ0v) is 11.7. The van der Waals surface area contributed by atoms with Gasteiger partial charge in [-0.05, 0) is 51.4 Å². The normalized spacial score (nSPS) is 35.6. The number of ether oxygens (including phenoxy) is 2. The van der Waals surface area contributed by atoms with Crippen LogP contribution in [0.2, 0.25) is 0 Å². The highest BCUT2D eigenvalue weighted by Crippen LogP contribution is 2.31. The zero-order valence-electron chi connectivity index (χ0n) is 11.7. The highest BCUT2D eigenvalue weighted by molar-refractivity contribution is 5.72. The van der Waals surface area contributed by atoms with Gasteiger partial charge in [-0.1, -0.05) is 0 Å². The van der Waals surface area contributed by atoms with Crippen LogP contribution in [0.15, 0.2) is 0 Å². The van der Waals surface area contributed by atoms with Crippen molar-refractivity contribution < 1.29 is 19.1 Å². The van der Waals surface area contributed by atoms with Crippen molar-refractivity contribution in [1.82, 2.24) is 0 Å². The van der Waals surface area contributed by atoms with E-state index in [0.717, 1.165) is 57.7 Å². The molecule has 2 rings (SSSR count). The molecular formula is C15H24O4. The molecule has 0 aromatic heterocycles. The maximum absolute atomic E-state index is 11.4. The molecule has 0 aliphatic heterocycles. The predicted molar refractivity (Wildman–Crippen MR) is 70.7 cm³/mol. The first-order valence-corrected chi connectivity index (χ1v) is 7.41. The lowest BCUT2D eigenvalue weighted by molar-refractivity contribution is -0.148. The van der Waals surface area contributed by atoms with Crippen molar-refractivity contribution in [2.75, 3.05) is 7.11 Å². The summed E-state index contributed by atoms with van der Waals surface area (Å²) in [6, 6.07) is 0. The van der Waals surface area contributed by atoms with Gasteiger partial charge in [0.15, 0.2) is 0 Å². The van der Waals surface area contributed by atoms with Crippen molar-refractivity contribution in [2.24, 2.45) is 11.8 Å². The molecule has 2 aliphatic carbocycles. The summed E-state index contributed by atoms with van der Waals surface area (Å²) >= 11 is 0. The molecule has 4 nitrogen and oxygen atoms in total. The second kappa shape index (κ2) is 7.04. The predicted octanol–water partition coefficient (Wildman–Crippen LogP) is 2.49. The second-order valence-corrected chi connectivity index (χ2v) is 5.81. The highest BCUT2D eigenvalue weighted by atomic mass is 16.5. The van der Waals surface area contributed by atoms with Crippen molar-refractivity contribution >= 4 is 12.3 Å². The lowest BCUT2D eigenvalue weighted by atomic mass is 9.86. The van der Waals surface area contributed by atoms with Gasteiger partial charge in [-0.15, -0.1) is 0 Å². The Morgan fingerprint density at radius 3 is 1.95 bits per heavy atom. The largest absolute Gasteiger partial charge is 0.469 e. The summed E-state index contributed by atoms with van der Waals surface area (Å²) in [5, 5.41) is 0. The van der Waals surface area contributed by atoms with E-state index in [0.29, 0.717) is 12.2 Å². The fraction of sp³-hybridized carbons (Fsp3) is 0.867. The molecule has 0 amide bonds. The first-order valence-electron chi connectivity index (χ1n) is 7.41. The Hall–Kier alpha value is -0.900. The van der Waals surface area contributed by atoms with Gasteiger partial charge in [-0.2, -0.15) is 0 Å². The Morgan fingerprint density at radius 1 is 0.947 bits per heavy atom. The SMILES string of the molecule is COC(=O)C1CCC(OC2CCC(C=O)CC2)CC1. The molecule has 0 spiro atoms. The third-order valence-corrected chi connectivity index (χ3v) is 4.50. The number of methoxy groups -OCH3 is 1. The van der Waals surface area contributed by atoms with E-state index in [2.05, 4.69) is 0 Å². The molecule has 0 heterocycles. The Labute approximate surface area is 114 Å². The van der Waals surface area contributed by atoms with Crippen LogP contribution in [0, 0.1) is 11.8 Å². The third kappa shape index (κ3) is 4.03. The first-order chi connectivity index (χ1) is 9.22. The van der Waals surface area contributed by atoms with Gasteiger partial charge in [0, 0.05) is 5.92 Å². The maximum Gasteiger partial charge on any atom is 0.308 e. The van der Waals surface area contributed by atoms with Crippen LogP contribution in [0.4, 0.5) is 0 Å². The van der Waals surface area contributed by atoms with Gasteiger partial charge in [-0.25, -0.2) is 0 Å². The fourth-order valence-electron chi connectivity index (χ4n) is 3.23. The Bertz CT molecular complexity index is 299. The number of carbonyl (C=O) groups is 2. The molecule has 108 valence electrons. The van der Waals surface area contributed by atoms with Crippen molar-refractivity contribution in [3.05, 3.63) is 0 Å². The average Bonchev–Trinajstić information content (AvgIpc) is 2.48. The zero-order chi connectivity index (χ0) is 13.7. The summed E-state index contributed by atoms with van der Waals surface area (Å²) in [5.41, 5.74) is 0. The van der Waals surface area contributed by atoms with Gasteiger partial charge in [0.05, 0.1) is 25.2 Å². The van der Waals surface area contributed by atoms with Crippen LogP contribution in [0.25, 0.3) is 0 Å². The van der Waals surface area contributed by atoms with E-state index in [-0.39, 0.29) is 17.8 Å². The molecular weight excluding hydrogens is 244 g/mol. The lowest BCUT2D eigenvalue weighted by Crippen LogP contribution is -2.31. The fourth-order valence-corrected chi connectivity index (χ4v) is 3.23.